The molecule has 53 heavy (non-hydrogen) atoms. The first-order valence-corrected chi connectivity index (χ1v) is 19.1. The molecule has 0 radical (unpaired) electrons. The number of aromatic nitrogens is 4. The lowest BCUT2D eigenvalue weighted by molar-refractivity contribution is -0.207. The Morgan fingerprint density at radius 3 is 2.47 bits per heavy atom. The van der Waals surface area contributed by atoms with E-state index >= 15 is 0 Å². The molecule has 0 spiro atoms. The number of anilines is 1. The van der Waals surface area contributed by atoms with Gasteiger partial charge in [-0.3, -0.25) is 19.3 Å². The number of fused-ring (bicyclic) bond motifs is 1. The third-order valence-corrected chi connectivity index (χ3v) is 14.0. The number of halogens is 2. The molecule has 2 saturated heterocycles. The average Bonchev–Trinajstić information content (AvgIpc) is 3.73. The van der Waals surface area contributed by atoms with E-state index in [1.165, 1.54) is 0 Å². The van der Waals surface area contributed by atoms with Gasteiger partial charge >= 0.3 is 5.97 Å². The Bertz CT molecular complexity index is 1660. The molecule has 3 saturated carbocycles. The fraction of sp³-hybridized carbons (Fsp3) is 0.737. The predicted octanol–water partition coefficient (Wildman–Crippen LogP) is 3.52. The number of amides is 1. The highest BCUT2D eigenvalue weighted by molar-refractivity contribution is 5.86. The maximum Gasteiger partial charge on any atom is 0.320 e. The number of hydrogen-bond acceptors (Lipinski definition) is 11. The second-order valence-electron chi connectivity index (χ2n) is 16.5. The summed E-state index contributed by atoms with van der Waals surface area (Å²) in [5, 5.41) is 15.2. The summed E-state index contributed by atoms with van der Waals surface area (Å²) in [4.78, 5) is 60.5. The Labute approximate surface area is 325 Å². The number of Topliss-reactive ketones (excluding diaryl/α,β-unsaturated/α-hetero) is 1. The third-order valence-electron chi connectivity index (χ3n) is 14.0. The minimum absolute atomic E-state index is 0. The molecule has 2 aliphatic heterocycles. The van der Waals surface area contributed by atoms with E-state index in [-0.39, 0.29) is 72.2 Å². The van der Waals surface area contributed by atoms with Crippen LogP contribution >= 0.6 is 24.8 Å². The van der Waals surface area contributed by atoms with Crippen molar-refractivity contribution in [2.45, 2.75) is 85.0 Å². The smallest absolute Gasteiger partial charge is 0.320 e. The first-order valence-electron chi connectivity index (χ1n) is 19.1. The average molecular weight is 778 g/mol. The molecule has 2 aromatic heterocycles. The zero-order valence-corrected chi connectivity index (χ0v) is 33.3. The van der Waals surface area contributed by atoms with Crippen LogP contribution in [0.3, 0.4) is 0 Å². The summed E-state index contributed by atoms with van der Waals surface area (Å²) >= 11 is 0. The minimum atomic E-state index is -0.691. The van der Waals surface area contributed by atoms with Crippen molar-refractivity contribution in [2.24, 2.45) is 34.0 Å². The highest BCUT2D eigenvalue weighted by Gasteiger charge is 2.68. The Morgan fingerprint density at radius 2 is 1.77 bits per heavy atom. The number of imidazole rings is 1. The highest BCUT2D eigenvalue weighted by Crippen LogP contribution is 2.68. The van der Waals surface area contributed by atoms with Crippen LogP contribution in [0, 0.1) is 34.0 Å². The van der Waals surface area contributed by atoms with Gasteiger partial charge in [0.05, 0.1) is 19.0 Å². The van der Waals surface area contributed by atoms with Gasteiger partial charge in [0.15, 0.2) is 17.0 Å². The Balaban J connectivity index is 0.00000271. The fourth-order valence-electron chi connectivity index (χ4n) is 10.5. The van der Waals surface area contributed by atoms with E-state index in [4.69, 9.17) is 4.74 Å². The number of ketones is 1. The van der Waals surface area contributed by atoms with Gasteiger partial charge in [-0.2, -0.15) is 0 Å². The summed E-state index contributed by atoms with van der Waals surface area (Å²) < 4.78 is 8.39. The second kappa shape index (κ2) is 16.1. The number of aryl methyl sites for hydroxylation is 1. The maximum atomic E-state index is 13.7. The van der Waals surface area contributed by atoms with Crippen LogP contribution in [-0.2, 0) is 25.7 Å². The van der Waals surface area contributed by atoms with Gasteiger partial charge in [0.25, 0.3) is 0 Å². The lowest BCUT2D eigenvalue weighted by Gasteiger charge is -2.61. The van der Waals surface area contributed by atoms with E-state index in [9.17, 15) is 19.5 Å². The molecule has 8 atom stereocenters. The molecule has 294 valence electrons. The van der Waals surface area contributed by atoms with Crippen LogP contribution < -0.4 is 10.2 Å². The Morgan fingerprint density at radius 1 is 1.06 bits per heavy atom. The minimum Gasteiger partial charge on any atom is -0.461 e. The first kappa shape index (κ1) is 41.3. The number of nitrogens with one attached hydrogen (secondary N) is 1. The Hall–Kier alpha value is -2.84. The molecular formula is C38H58Cl2N8O5. The van der Waals surface area contributed by atoms with E-state index in [1.807, 2.05) is 27.4 Å². The molecule has 0 unspecified atom stereocenters. The zero-order chi connectivity index (χ0) is 36.1. The van der Waals surface area contributed by atoms with Crippen LogP contribution in [0.15, 0.2) is 25.3 Å². The number of nitrogens with zero attached hydrogens (tertiary/aromatic N) is 7. The highest BCUT2D eigenvalue weighted by atomic mass is 35.5. The molecule has 13 nitrogen and oxygen atoms in total. The molecule has 3 aliphatic carbocycles. The van der Waals surface area contributed by atoms with E-state index in [1.54, 1.807) is 12.7 Å². The zero-order valence-electron chi connectivity index (χ0n) is 31.7. The van der Waals surface area contributed by atoms with Crippen LogP contribution in [0.2, 0.25) is 0 Å². The van der Waals surface area contributed by atoms with Crippen molar-refractivity contribution in [3.05, 3.63) is 25.3 Å². The molecule has 0 aromatic carbocycles. The van der Waals surface area contributed by atoms with Crippen molar-refractivity contribution in [1.29, 1.82) is 0 Å². The van der Waals surface area contributed by atoms with Gasteiger partial charge in [-0.15, -0.1) is 31.4 Å². The molecule has 2 bridgehead atoms. The van der Waals surface area contributed by atoms with Crippen molar-refractivity contribution in [3.63, 3.8) is 0 Å². The summed E-state index contributed by atoms with van der Waals surface area (Å²) in [6.45, 7) is 18.9. The van der Waals surface area contributed by atoms with Gasteiger partial charge in [-0.25, -0.2) is 15.0 Å². The largest absolute Gasteiger partial charge is 0.461 e. The standard InChI is InChI=1S/C38H56N8O5.2ClH/c1-6-36(4)21-28(37(5)25(2)7-10-38(26(3)33(36)50)11-8-27(47)32(37)38)51-30(49)22-43-17-19-44(20-18-43)29(48)9-14-46-24-42-31-34(40-23-41-35(31)46)45-15-12-39-13-16-45;;/h6,23-26,28,32-33,39,50H,1,7-22H2,2-5H3;2*1H/t25-,26+,28-,32-,33+,36-,37+,38+;;/m1../s1. The molecule has 2 N–H and O–H groups in total. The molecule has 5 aliphatic rings. The van der Waals surface area contributed by atoms with Gasteiger partial charge < -0.3 is 29.5 Å². The molecule has 15 heteroatoms. The van der Waals surface area contributed by atoms with Gasteiger partial charge in [0, 0.05) is 88.5 Å². The van der Waals surface area contributed by atoms with Gasteiger partial charge in [-0.1, -0.05) is 33.8 Å². The quantitative estimate of drug-likeness (QED) is 0.300. The fourth-order valence-corrected chi connectivity index (χ4v) is 10.5. The van der Waals surface area contributed by atoms with Gasteiger partial charge in [0.1, 0.15) is 18.2 Å². The monoisotopic (exact) mass is 776 g/mol. The number of aliphatic hydroxyl groups is 1. The van der Waals surface area contributed by atoms with E-state index in [0.29, 0.717) is 52.0 Å². The number of carbonyl (C=O) groups is 3. The molecule has 7 rings (SSSR count). The summed E-state index contributed by atoms with van der Waals surface area (Å²) in [5.41, 5.74) is -0.0159. The summed E-state index contributed by atoms with van der Waals surface area (Å²) in [7, 11) is 0. The number of esters is 1. The predicted molar refractivity (Wildman–Crippen MR) is 207 cm³/mol. The summed E-state index contributed by atoms with van der Waals surface area (Å²) in [6, 6.07) is 0. The SMILES string of the molecule is C=C[C@]1(C)C[C@@H](OC(=O)CN2CCN(C(=O)CCn3cnc4c(N5CCNCC5)ncnc43)CC2)[C@]2(C)[C@H](C)CC[C@]3(CCC(=O)[C@@H]32)[C@@H](C)[C@@H]1O.Cl.Cl. The van der Waals surface area contributed by atoms with Crippen molar-refractivity contribution in [3.8, 4) is 0 Å². The lowest BCUT2D eigenvalue weighted by Crippen LogP contribution is -2.63. The molecule has 2 aromatic rings. The van der Waals surface area contributed by atoms with Crippen molar-refractivity contribution < 1.29 is 24.2 Å². The maximum absolute atomic E-state index is 13.7. The van der Waals surface area contributed by atoms with E-state index < -0.39 is 23.0 Å². The van der Waals surface area contributed by atoms with Crippen LogP contribution in [0.5, 0.6) is 0 Å². The molecule has 5 fully saturated rings. The number of rotatable bonds is 8. The number of carbonyl (C=O) groups excluding carboxylic acids is 3. The van der Waals surface area contributed by atoms with Crippen LogP contribution in [-0.4, -0.2) is 123 Å². The van der Waals surface area contributed by atoms with Crippen molar-refractivity contribution in [1.82, 2.24) is 34.6 Å². The topological polar surface area (TPSA) is 146 Å². The number of aliphatic hydroxyl groups excluding tert-OH is 1. The third kappa shape index (κ3) is 7.21. The first-order chi connectivity index (χ1) is 24.4. The molecule has 1 amide bonds. The van der Waals surface area contributed by atoms with Crippen LogP contribution in [0.25, 0.3) is 11.2 Å². The van der Waals surface area contributed by atoms with E-state index in [0.717, 1.165) is 62.4 Å². The second-order valence-corrected chi connectivity index (χ2v) is 16.5. The van der Waals surface area contributed by atoms with Crippen LogP contribution in [0.1, 0.15) is 66.2 Å². The van der Waals surface area contributed by atoms with Gasteiger partial charge in [0.2, 0.25) is 5.91 Å². The number of ether oxygens (including phenoxy) is 1. The van der Waals surface area contributed by atoms with Crippen molar-refractivity contribution in [2.75, 3.05) is 63.8 Å². The van der Waals surface area contributed by atoms with Crippen LogP contribution in [0.4, 0.5) is 5.82 Å². The normalized spacial score (nSPS) is 34.7. The summed E-state index contributed by atoms with van der Waals surface area (Å²) in [6.07, 6.45) is 7.81. The molecular weight excluding hydrogens is 719 g/mol. The number of piperazine rings is 2. The summed E-state index contributed by atoms with van der Waals surface area (Å²) in [5.74, 6) is 0.694. The number of hydrogen-bond donors (Lipinski definition) is 2. The van der Waals surface area contributed by atoms with Crippen molar-refractivity contribution >= 4 is 59.5 Å². The van der Waals surface area contributed by atoms with E-state index in [2.05, 4.69) is 52.5 Å². The van der Waals surface area contributed by atoms with Gasteiger partial charge in [-0.05, 0) is 42.9 Å². The lowest BCUT2D eigenvalue weighted by atomic mass is 9.44. The Kier molecular flexibility index (Phi) is 12.6. The molecule has 4 heterocycles.